The summed E-state index contributed by atoms with van der Waals surface area (Å²) in [6.07, 6.45) is 4.95. The van der Waals surface area contributed by atoms with Crippen LogP contribution >= 0.6 is 0 Å². The zero-order valence-corrected chi connectivity index (χ0v) is 14.3. The van der Waals surface area contributed by atoms with Gasteiger partial charge in [0.05, 0.1) is 17.9 Å². The first-order valence-electron chi connectivity index (χ1n) is 8.41. The molecular weight excluding hydrogens is 323 g/mol. The van der Waals surface area contributed by atoms with E-state index in [1.165, 1.54) is 17.0 Å². The summed E-state index contributed by atoms with van der Waals surface area (Å²) < 4.78 is 13.0. The molecule has 0 bridgehead atoms. The van der Waals surface area contributed by atoms with E-state index in [4.69, 9.17) is 0 Å². The van der Waals surface area contributed by atoms with Crippen LogP contribution < -0.4 is 0 Å². The molecule has 6 heteroatoms. The minimum Gasteiger partial charge on any atom is -0.337 e. The molecule has 3 atom stereocenters. The van der Waals surface area contributed by atoms with Crippen LogP contribution in [0.3, 0.4) is 0 Å². The summed E-state index contributed by atoms with van der Waals surface area (Å²) in [6.45, 7) is 1.58. The third kappa shape index (κ3) is 3.21. The Morgan fingerprint density at radius 3 is 2.20 bits per heavy atom. The van der Waals surface area contributed by atoms with Gasteiger partial charge in [0, 0.05) is 7.05 Å². The second kappa shape index (κ2) is 6.78. The van der Waals surface area contributed by atoms with Crippen molar-refractivity contribution >= 4 is 17.7 Å². The Morgan fingerprint density at radius 1 is 1.16 bits per heavy atom. The summed E-state index contributed by atoms with van der Waals surface area (Å²) >= 11 is 0. The van der Waals surface area contributed by atoms with Crippen LogP contribution in [0.25, 0.3) is 0 Å². The van der Waals surface area contributed by atoms with Crippen LogP contribution in [0.4, 0.5) is 4.39 Å². The Labute approximate surface area is 146 Å². The maximum atomic E-state index is 13.0. The van der Waals surface area contributed by atoms with Crippen molar-refractivity contribution in [2.75, 3.05) is 13.6 Å². The van der Waals surface area contributed by atoms with Crippen molar-refractivity contribution in [1.82, 2.24) is 9.80 Å². The van der Waals surface area contributed by atoms with E-state index in [1.54, 1.807) is 19.2 Å². The summed E-state index contributed by atoms with van der Waals surface area (Å²) in [5, 5.41) is 0. The number of hydrogen-bond donors (Lipinski definition) is 0. The number of benzene rings is 1. The standard InChI is InChI=1S/C19H21FN2O3/c1-12(13-7-9-14(20)10-8-13)21(2)17(23)11-22-18(24)15-5-3-4-6-16(15)19(22)25/h3-4,7-10,12,15-16H,5-6,11H2,1-2H3. The molecule has 1 aromatic carbocycles. The molecule has 0 saturated carbocycles. The van der Waals surface area contributed by atoms with E-state index >= 15 is 0 Å². The lowest BCUT2D eigenvalue weighted by molar-refractivity contribution is -0.146. The lowest BCUT2D eigenvalue weighted by Crippen LogP contribution is -2.42. The molecule has 0 aromatic heterocycles. The highest BCUT2D eigenvalue weighted by Gasteiger charge is 2.47. The van der Waals surface area contributed by atoms with E-state index in [1.807, 2.05) is 19.1 Å². The molecule has 1 fully saturated rings. The molecular formula is C19H21FN2O3. The topological polar surface area (TPSA) is 57.7 Å². The molecule has 1 aliphatic heterocycles. The normalized spacial score (nSPS) is 23.6. The van der Waals surface area contributed by atoms with Gasteiger partial charge in [0.25, 0.3) is 0 Å². The van der Waals surface area contributed by atoms with E-state index in [-0.39, 0.29) is 48.0 Å². The molecule has 0 radical (unpaired) electrons. The molecule has 1 aromatic rings. The number of nitrogens with zero attached hydrogens (tertiary/aromatic N) is 2. The zero-order chi connectivity index (χ0) is 18.1. The number of rotatable bonds is 4. The van der Waals surface area contributed by atoms with Gasteiger partial charge in [0.15, 0.2) is 0 Å². The highest BCUT2D eigenvalue weighted by molar-refractivity contribution is 6.07. The van der Waals surface area contributed by atoms with Gasteiger partial charge in [-0.15, -0.1) is 0 Å². The van der Waals surface area contributed by atoms with Gasteiger partial charge in [0.1, 0.15) is 12.4 Å². The summed E-state index contributed by atoms with van der Waals surface area (Å²) in [4.78, 5) is 40.0. The number of carbonyl (C=O) groups excluding carboxylic acids is 3. The second-order valence-corrected chi connectivity index (χ2v) is 6.65. The molecule has 1 aliphatic carbocycles. The number of hydrogen-bond acceptors (Lipinski definition) is 3. The van der Waals surface area contributed by atoms with Crippen LogP contribution in [0, 0.1) is 17.7 Å². The van der Waals surface area contributed by atoms with Crippen LogP contribution in [0.1, 0.15) is 31.4 Å². The van der Waals surface area contributed by atoms with Crippen molar-refractivity contribution in [3.8, 4) is 0 Å². The molecule has 3 rings (SSSR count). The summed E-state index contributed by atoms with van der Waals surface area (Å²) in [6, 6.07) is 5.64. The molecule has 1 heterocycles. The Balaban J connectivity index is 1.68. The van der Waals surface area contributed by atoms with Crippen molar-refractivity contribution in [2.24, 2.45) is 11.8 Å². The van der Waals surface area contributed by atoms with Crippen LogP contribution in [-0.4, -0.2) is 41.1 Å². The lowest BCUT2D eigenvalue weighted by Gasteiger charge is -2.27. The highest BCUT2D eigenvalue weighted by atomic mass is 19.1. The van der Waals surface area contributed by atoms with Crippen LogP contribution in [0.15, 0.2) is 36.4 Å². The van der Waals surface area contributed by atoms with Crippen molar-refractivity contribution in [3.63, 3.8) is 0 Å². The third-order valence-corrected chi connectivity index (χ3v) is 5.22. The minimum atomic E-state index is -0.339. The summed E-state index contributed by atoms with van der Waals surface area (Å²) in [5.74, 6) is -1.82. The maximum absolute atomic E-state index is 13.0. The quantitative estimate of drug-likeness (QED) is 0.622. The second-order valence-electron chi connectivity index (χ2n) is 6.65. The largest absolute Gasteiger partial charge is 0.337 e. The van der Waals surface area contributed by atoms with Crippen LogP contribution in [0.5, 0.6) is 0 Å². The SMILES string of the molecule is CC(c1ccc(F)cc1)N(C)C(=O)CN1C(=O)C2CC=CCC2C1=O. The van der Waals surface area contributed by atoms with Gasteiger partial charge >= 0.3 is 0 Å². The first-order chi connectivity index (χ1) is 11.9. The predicted octanol–water partition coefficient (Wildman–Crippen LogP) is 2.30. The van der Waals surface area contributed by atoms with Gasteiger partial charge < -0.3 is 4.90 Å². The van der Waals surface area contributed by atoms with Crippen LogP contribution in [0.2, 0.25) is 0 Å². The summed E-state index contributed by atoms with van der Waals surface area (Å²) in [5.41, 5.74) is 0.786. The number of likely N-dealkylation sites (tertiary alicyclic amines) is 1. The van der Waals surface area contributed by atoms with E-state index in [0.29, 0.717) is 12.8 Å². The number of allylic oxidation sites excluding steroid dienone is 2. The molecule has 0 spiro atoms. The first-order valence-corrected chi connectivity index (χ1v) is 8.41. The van der Waals surface area contributed by atoms with Gasteiger partial charge in [-0.2, -0.15) is 0 Å². The average molecular weight is 344 g/mol. The number of halogens is 1. The first kappa shape index (κ1) is 17.3. The van der Waals surface area contributed by atoms with Crippen LogP contribution in [-0.2, 0) is 14.4 Å². The molecule has 3 unspecified atom stereocenters. The van der Waals surface area contributed by atoms with E-state index in [9.17, 15) is 18.8 Å². The fourth-order valence-electron chi connectivity index (χ4n) is 3.45. The highest BCUT2D eigenvalue weighted by Crippen LogP contribution is 2.35. The number of carbonyl (C=O) groups is 3. The van der Waals surface area contributed by atoms with Crippen molar-refractivity contribution in [1.29, 1.82) is 0 Å². The minimum absolute atomic E-state index is 0.243. The van der Waals surface area contributed by atoms with Crippen molar-refractivity contribution in [3.05, 3.63) is 47.8 Å². The monoisotopic (exact) mass is 344 g/mol. The predicted molar refractivity (Wildman–Crippen MR) is 89.7 cm³/mol. The molecule has 0 N–H and O–H groups in total. The number of likely N-dealkylation sites (N-methyl/N-ethyl adjacent to an activating group) is 1. The smallest absolute Gasteiger partial charge is 0.242 e. The number of imide groups is 1. The molecule has 1 saturated heterocycles. The fourth-order valence-corrected chi connectivity index (χ4v) is 3.45. The van der Waals surface area contributed by atoms with Gasteiger partial charge in [-0.3, -0.25) is 19.3 Å². The molecule has 5 nitrogen and oxygen atoms in total. The molecule has 2 aliphatic rings. The van der Waals surface area contributed by atoms with Crippen molar-refractivity contribution < 1.29 is 18.8 Å². The van der Waals surface area contributed by atoms with Gasteiger partial charge in [0.2, 0.25) is 17.7 Å². The van der Waals surface area contributed by atoms with E-state index < -0.39 is 0 Å². The van der Waals surface area contributed by atoms with E-state index in [0.717, 1.165) is 10.5 Å². The molecule has 3 amide bonds. The van der Waals surface area contributed by atoms with E-state index in [2.05, 4.69) is 0 Å². The Bertz CT molecular complexity index is 703. The Kier molecular flexibility index (Phi) is 4.70. The molecule has 25 heavy (non-hydrogen) atoms. The Hall–Kier alpha value is -2.50. The van der Waals surface area contributed by atoms with Gasteiger partial charge in [-0.1, -0.05) is 24.3 Å². The van der Waals surface area contributed by atoms with Gasteiger partial charge in [-0.25, -0.2) is 4.39 Å². The Morgan fingerprint density at radius 2 is 1.68 bits per heavy atom. The van der Waals surface area contributed by atoms with Crippen molar-refractivity contribution in [2.45, 2.75) is 25.8 Å². The number of fused-ring (bicyclic) bond motifs is 1. The molecule has 132 valence electrons. The zero-order valence-electron chi connectivity index (χ0n) is 14.3. The summed E-state index contributed by atoms with van der Waals surface area (Å²) in [7, 11) is 1.62. The maximum Gasteiger partial charge on any atom is 0.242 e. The average Bonchev–Trinajstić information content (AvgIpc) is 2.86. The lowest BCUT2D eigenvalue weighted by atomic mass is 9.85. The van der Waals surface area contributed by atoms with Gasteiger partial charge in [-0.05, 0) is 37.5 Å². The number of amides is 3. The fraction of sp³-hybridized carbons (Fsp3) is 0.421. The third-order valence-electron chi connectivity index (χ3n) is 5.22.